The molecule has 1 aliphatic rings. The van der Waals surface area contributed by atoms with Crippen LogP contribution >= 0.6 is 0 Å². The standard InChI is InChI=1S/C15H17N3/c1-11-7-13-4-6-18(15(13)8-14(11)16)10-12-3-2-5-17-9-12/h2-3,5,7-9H,4,6,10,16H2,1H3. The fourth-order valence-electron chi connectivity index (χ4n) is 2.52. The summed E-state index contributed by atoms with van der Waals surface area (Å²) in [5.41, 5.74) is 12.0. The summed E-state index contributed by atoms with van der Waals surface area (Å²) in [5.74, 6) is 0. The van der Waals surface area contributed by atoms with Crippen molar-refractivity contribution in [1.29, 1.82) is 0 Å². The number of aromatic nitrogens is 1. The van der Waals surface area contributed by atoms with Crippen molar-refractivity contribution in [3.05, 3.63) is 53.3 Å². The van der Waals surface area contributed by atoms with Gasteiger partial charge in [0.15, 0.2) is 0 Å². The normalized spacial score (nSPS) is 13.7. The van der Waals surface area contributed by atoms with Gasteiger partial charge in [-0.15, -0.1) is 0 Å². The molecule has 0 bridgehead atoms. The van der Waals surface area contributed by atoms with Crippen LogP contribution in [0.4, 0.5) is 11.4 Å². The highest BCUT2D eigenvalue weighted by atomic mass is 15.1. The summed E-state index contributed by atoms with van der Waals surface area (Å²) in [4.78, 5) is 6.54. The summed E-state index contributed by atoms with van der Waals surface area (Å²) in [7, 11) is 0. The highest BCUT2D eigenvalue weighted by molar-refractivity contribution is 5.67. The van der Waals surface area contributed by atoms with Crippen molar-refractivity contribution in [3.63, 3.8) is 0 Å². The number of hydrogen-bond donors (Lipinski definition) is 1. The van der Waals surface area contributed by atoms with Crippen molar-refractivity contribution in [2.45, 2.75) is 19.9 Å². The van der Waals surface area contributed by atoms with Crippen molar-refractivity contribution in [3.8, 4) is 0 Å². The third kappa shape index (κ3) is 1.92. The number of nitrogens with zero attached hydrogens (tertiary/aromatic N) is 2. The molecule has 18 heavy (non-hydrogen) atoms. The number of fused-ring (bicyclic) bond motifs is 1. The van der Waals surface area contributed by atoms with Gasteiger partial charge >= 0.3 is 0 Å². The minimum Gasteiger partial charge on any atom is -0.398 e. The van der Waals surface area contributed by atoms with Gasteiger partial charge in [-0.25, -0.2) is 0 Å². The van der Waals surface area contributed by atoms with Crippen LogP contribution in [0.15, 0.2) is 36.7 Å². The van der Waals surface area contributed by atoms with E-state index < -0.39 is 0 Å². The van der Waals surface area contributed by atoms with Crippen LogP contribution in [0, 0.1) is 6.92 Å². The number of pyridine rings is 1. The Balaban J connectivity index is 1.89. The van der Waals surface area contributed by atoms with Crippen molar-refractivity contribution >= 4 is 11.4 Å². The van der Waals surface area contributed by atoms with Gasteiger partial charge in [0, 0.05) is 36.9 Å². The molecule has 0 radical (unpaired) electrons. The predicted octanol–water partition coefficient (Wildman–Crippen LogP) is 2.53. The molecule has 92 valence electrons. The SMILES string of the molecule is Cc1cc2c(cc1N)N(Cc1cccnc1)CC2. The smallest absolute Gasteiger partial charge is 0.0444 e. The second-order valence-corrected chi connectivity index (χ2v) is 4.87. The summed E-state index contributed by atoms with van der Waals surface area (Å²) in [6.45, 7) is 4.04. The Morgan fingerprint density at radius 2 is 2.28 bits per heavy atom. The average molecular weight is 239 g/mol. The Bertz CT molecular complexity index is 563. The molecule has 0 spiro atoms. The third-order valence-corrected chi connectivity index (χ3v) is 3.56. The fraction of sp³-hybridized carbons (Fsp3) is 0.267. The topological polar surface area (TPSA) is 42.1 Å². The van der Waals surface area contributed by atoms with Crippen molar-refractivity contribution in [2.75, 3.05) is 17.2 Å². The van der Waals surface area contributed by atoms with Gasteiger partial charge in [0.25, 0.3) is 0 Å². The van der Waals surface area contributed by atoms with E-state index in [2.05, 4.69) is 35.0 Å². The maximum absolute atomic E-state index is 6.01. The Morgan fingerprint density at radius 3 is 3.06 bits per heavy atom. The average Bonchev–Trinajstić information content (AvgIpc) is 2.74. The van der Waals surface area contributed by atoms with Gasteiger partial charge < -0.3 is 10.6 Å². The lowest BCUT2D eigenvalue weighted by Gasteiger charge is -2.20. The summed E-state index contributed by atoms with van der Waals surface area (Å²) >= 11 is 0. The van der Waals surface area contributed by atoms with Gasteiger partial charge in [-0.05, 0) is 42.2 Å². The lowest BCUT2D eigenvalue weighted by molar-refractivity contribution is 0.832. The Labute approximate surface area is 107 Å². The molecule has 1 aliphatic heterocycles. The quantitative estimate of drug-likeness (QED) is 0.819. The van der Waals surface area contributed by atoms with E-state index in [4.69, 9.17) is 5.73 Å². The van der Waals surface area contributed by atoms with E-state index >= 15 is 0 Å². The van der Waals surface area contributed by atoms with E-state index in [0.29, 0.717) is 0 Å². The molecule has 2 aromatic rings. The molecule has 3 nitrogen and oxygen atoms in total. The molecular formula is C15H17N3. The Morgan fingerprint density at radius 1 is 1.39 bits per heavy atom. The minimum atomic E-state index is 0.881. The van der Waals surface area contributed by atoms with Crippen LogP contribution in [0.1, 0.15) is 16.7 Å². The number of benzene rings is 1. The second-order valence-electron chi connectivity index (χ2n) is 4.87. The molecule has 1 aromatic heterocycles. The van der Waals surface area contributed by atoms with Gasteiger partial charge in [0.1, 0.15) is 0 Å². The predicted molar refractivity (Wildman–Crippen MR) is 74.6 cm³/mol. The van der Waals surface area contributed by atoms with Crippen LogP contribution in [-0.2, 0) is 13.0 Å². The van der Waals surface area contributed by atoms with Gasteiger partial charge in [-0.2, -0.15) is 0 Å². The van der Waals surface area contributed by atoms with Crippen LogP contribution in [-0.4, -0.2) is 11.5 Å². The maximum Gasteiger partial charge on any atom is 0.0444 e. The van der Waals surface area contributed by atoms with E-state index in [1.54, 1.807) is 0 Å². The van der Waals surface area contributed by atoms with Crippen LogP contribution < -0.4 is 10.6 Å². The maximum atomic E-state index is 6.01. The summed E-state index contributed by atoms with van der Waals surface area (Å²) < 4.78 is 0. The second kappa shape index (κ2) is 4.33. The van der Waals surface area contributed by atoms with Crippen LogP contribution in [0.3, 0.4) is 0 Å². The number of nitrogens with two attached hydrogens (primary N) is 1. The zero-order valence-electron chi connectivity index (χ0n) is 10.6. The summed E-state index contributed by atoms with van der Waals surface area (Å²) in [5, 5.41) is 0. The first-order valence-electron chi connectivity index (χ1n) is 6.27. The Hall–Kier alpha value is -2.03. The van der Waals surface area contributed by atoms with E-state index in [1.165, 1.54) is 22.4 Å². The summed E-state index contributed by atoms with van der Waals surface area (Å²) in [6, 6.07) is 8.42. The molecular weight excluding hydrogens is 222 g/mol. The first kappa shape index (κ1) is 11.1. The minimum absolute atomic E-state index is 0.881. The molecule has 0 amide bonds. The molecule has 3 heteroatoms. The number of anilines is 2. The van der Waals surface area contributed by atoms with Crippen LogP contribution in [0.2, 0.25) is 0 Å². The first-order chi connectivity index (χ1) is 8.74. The largest absolute Gasteiger partial charge is 0.398 e. The monoisotopic (exact) mass is 239 g/mol. The van der Waals surface area contributed by atoms with Gasteiger partial charge in [0.2, 0.25) is 0 Å². The zero-order chi connectivity index (χ0) is 12.5. The molecule has 0 saturated carbocycles. The lowest BCUT2D eigenvalue weighted by Crippen LogP contribution is -2.19. The number of nitrogen functional groups attached to an aromatic ring is 1. The molecule has 3 rings (SSSR count). The van der Waals surface area contributed by atoms with Crippen LogP contribution in [0.25, 0.3) is 0 Å². The van der Waals surface area contributed by atoms with Crippen molar-refractivity contribution in [2.24, 2.45) is 0 Å². The van der Waals surface area contributed by atoms with Crippen LogP contribution in [0.5, 0.6) is 0 Å². The van der Waals surface area contributed by atoms with Crippen molar-refractivity contribution < 1.29 is 0 Å². The van der Waals surface area contributed by atoms with Gasteiger partial charge in [-0.3, -0.25) is 4.98 Å². The molecule has 1 aromatic carbocycles. The van der Waals surface area contributed by atoms with Crippen molar-refractivity contribution in [1.82, 2.24) is 4.98 Å². The number of hydrogen-bond acceptors (Lipinski definition) is 3. The summed E-state index contributed by atoms with van der Waals surface area (Å²) in [6.07, 6.45) is 4.84. The molecule has 2 heterocycles. The lowest BCUT2D eigenvalue weighted by atomic mass is 10.1. The number of rotatable bonds is 2. The molecule has 2 N–H and O–H groups in total. The first-order valence-corrected chi connectivity index (χ1v) is 6.27. The van der Waals surface area contributed by atoms with E-state index in [-0.39, 0.29) is 0 Å². The van der Waals surface area contributed by atoms with E-state index in [1.807, 2.05) is 18.5 Å². The van der Waals surface area contributed by atoms with Gasteiger partial charge in [0.05, 0.1) is 0 Å². The van der Waals surface area contributed by atoms with Gasteiger partial charge in [-0.1, -0.05) is 12.1 Å². The van der Waals surface area contributed by atoms with E-state index in [9.17, 15) is 0 Å². The van der Waals surface area contributed by atoms with E-state index in [0.717, 1.165) is 25.2 Å². The zero-order valence-corrected chi connectivity index (χ0v) is 10.6. The third-order valence-electron chi connectivity index (χ3n) is 3.56. The highest BCUT2D eigenvalue weighted by Gasteiger charge is 2.20. The molecule has 0 atom stereocenters. The molecule has 0 fully saturated rings. The molecule has 0 aliphatic carbocycles. The molecule has 0 saturated heterocycles. The number of aryl methyl sites for hydroxylation is 1. The Kier molecular flexibility index (Phi) is 2.67. The fourth-order valence-corrected chi connectivity index (χ4v) is 2.52. The highest BCUT2D eigenvalue weighted by Crippen LogP contribution is 2.32. The molecule has 0 unspecified atom stereocenters.